The molecule has 0 N–H and O–H groups in total. The predicted octanol–water partition coefficient (Wildman–Crippen LogP) is 2.39. The van der Waals surface area contributed by atoms with E-state index in [9.17, 15) is 0 Å². The van der Waals surface area contributed by atoms with Crippen molar-refractivity contribution in [2.45, 2.75) is 6.92 Å². The fraction of sp³-hybridized carbons (Fsp3) is 0.0769. The van der Waals surface area contributed by atoms with Gasteiger partial charge < -0.3 is 0 Å². The fourth-order valence-corrected chi connectivity index (χ4v) is 1.25. The van der Waals surface area contributed by atoms with Crippen LogP contribution in [0.5, 0.6) is 0 Å². The van der Waals surface area contributed by atoms with Gasteiger partial charge >= 0.3 is 0 Å². The van der Waals surface area contributed by atoms with Gasteiger partial charge in [-0.25, -0.2) is 0 Å². The molecule has 1 aromatic rings. The van der Waals surface area contributed by atoms with Crippen molar-refractivity contribution in [2.75, 3.05) is 0 Å². The first-order chi connectivity index (χ1) is 6.86. The van der Waals surface area contributed by atoms with Crippen LogP contribution in [0, 0.1) is 0 Å². The lowest BCUT2D eigenvalue weighted by Gasteiger charge is -1.98. The first kappa shape index (κ1) is 10.6. The van der Waals surface area contributed by atoms with E-state index in [1.54, 1.807) is 0 Å². The van der Waals surface area contributed by atoms with E-state index in [1.165, 1.54) is 10.9 Å². The van der Waals surface area contributed by atoms with Crippen LogP contribution in [-0.4, -0.2) is 7.28 Å². The van der Waals surface area contributed by atoms with Crippen molar-refractivity contribution < 1.29 is 0 Å². The van der Waals surface area contributed by atoms with Gasteiger partial charge in [0.2, 0.25) is 0 Å². The molecule has 1 rings (SSSR count). The zero-order valence-electron chi connectivity index (χ0n) is 8.61. The molecule has 0 aliphatic heterocycles. The smallest absolute Gasteiger partial charge is 0.0996 e. The second-order valence-corrected chi connectivity index (χ2v) is 3.13. The van der Waals surface area contributed by atoms with Gasteiger partial charge in [-0.2, -0.15) is 0 Å². The van der Waals surface area contributed by atoms with E-state index in [2.05, 4.69) is 36.9 Å². The summed E-state index contributed by atoms with van der Waals surface area (Å²) >= 11 is 0. The molecule has 0 saturated heterocycles. The summed E-state index contributed by atoms with van der Waals surface area (Å²) in [5.74, 6) is 0. The topological polar surface area (TPSA) is 0 Å². The lowest BCUT2D eigenvalue weighted by atomic mass is 9.63. The molecule has 0 spiro atoms. The molecular formula is C13H15B. The van der Waals surface area contributed by atoms with Crippen LogP contribution in [0.1, 0.15) is 6.92 Å². The average molecular weight is 182 g/mol. The van der Waals surface area contributed by atoms with E-state index in [4.69, 9.17) is 0 Å². The zero-order chi connectivity index (χ0) is 10.2. The number of allylic oxidation sites excluding steroid dienone is 5. The van der Waals surface area contributed by atoms with Gasteiger partial charge in [0.25, 0.3) is 0 Å². The molecule has 0 aromatic heterocycles. The molecule has 0 atom stereocenters. The maximum atomic E-state index is 3.81. The van der Waals surface area contributed by atoms with Crippen LogP contribution in [-0.2, 0) is 0 Å². The third-order valence-corrected chi connectivity index (χ3v) is 2.02. The zero-order valence-corrected chi connectivity index (χ0v) is 8.61. The lowest BCUT2D eigenvalue weighted by molar-refractivity contribution is 1.71. The second-order valence-electron chi connectivity index (χ2n) is 3.13. The molecule has 0 heterocycles. The fourth-order valence-electron chi connectivity index (χ4n) is 1.25. The number of rotatable bonds is 4. The highest BCUT2D eigenvalue weighted by molar-refractivity contribution is 6.61. The summed E-state index contributed by atoms with van der Waals surface area (Å²) in [4.78, 5) is 0. The number of benzene rings is 1. The predicted molar refractivity (Wildman–Crippen MR) is 66.3 cm³/mol. The van der Waals surface area contributed by atoms with Gasteiger partial charge in [0, 0.05) is 0 Å². The Morgan fingerprint density at radius 1 is 1.29 bits per heavy atom. The number of hydrogen-bond acceptors (Lipinski definition) is 0. The minimum atomic E-state index is 0.953. The van der Waals surface area contributed by atoms with Crippen molar-refractivity contribution in [1.29, 1.82) is 0 Å². The highest BCUT2D eigenvalue weighted by Gasteiger charge is 1.96. The van der Waals surface area contributed by atoms with E-state index in [-0.39, 0.29) is 0 Å². The molecule has 70 valence electrons. The molecule has 0 aliphatic carbocycles. The number of hydrogen-bond donors (Lipinski definition) is 0. The van der Waals surface area contributed by atoms with Gasteiger partial charge in [0.15, 0.2) is 7.28 Å². The van der Waals surface area contributed by atoms with E-state index < -0.39 is 0 Å². The summed E-state index contributed by atoms with van der Waals surface area (Å²) in [6.07, 6.45) is 8.07. The Labute approximate surface area is 86.9 Å². The quantitative estimate of drug-likeness (QED) is 0.495. The largest absolute Gasteiger partial charge is 0.192 e. The van der Waals surface area contributed by atoms with Crippen LogP contribution in [0.15, 0.2) is 66.7 Å². The summed E-state index contributed by atoms with van der Waals surface area (Å²) < 4.78 is 0. The first-order valence-corrected chi connectivity index (χ1v) is 4.85. The maximum absolute atomic E-state index is 3.81. The molecule has 14 heavy (non-hydrogen) atoms. The van der Waals surface area contributed by atoms with E-state index in [1.807, 2.05) is 31.2 Å². The molecule has 0 amide bonds. The molecule has 0 nitrogen and oxygen atoms in total. The normalized spacial score (nSPS) is 11.6. The molecule has 0 bridgehead atoms. The first-order valence-electron chi connectivity index (χ1n) is 4.85. The molecule has 1 heteroatoms. The Hall–Kier alpha value is -1.50. The third-order valence-electron chi connectivity index (χ3n) is 2.02. The van der Waals surface area contributed by atoms with Crippen molar-refractivity contribution >= 4 is 12.7 Å². The third kappa shape index (κ3) is 3.48. The summed E-state index contributed by atoms with van der Waals surface area (Å²) in [6, 6.07) is 10.4. The van der Waals surface area contributed by atoms with Crippen LogP contribution >= 0.6 is 0 Å². The maximum Gasteiger partial charge on any atom is 0.192 e. The summed E-state index contributed by atoms with van der Waals surface area (Å²) in [7, 11) is 0.953. The Morgan fingerprint density at radius 2 is 2.00 bits per heavy atom. The van der Waals surface area contributed by atoms with Crippen molar-refractivity contribution in [3.63, 3.8) is 0 Å². The molecule has 0 fully saturated rings. The molecule has 0 unspecified atom stereocenters. The van der Waals surface area contributed by atoms with Gasteiger partial charge in [-0.05, 0) is 6.92 Å². The average Bonchev–Trinajstić information content (AvgIpc) is 2.25. The molecular weight excluding hydrogens is 167 g/mol. The molecule has 1 aromatic carbocycles. The summed E-state index contributed by atoms with van der Waals surface area (Å²) in [5, 5.41) is 0. The van der Waals surface area contributed by atoms with E-state index in [0.717, 1.165) is 7.28 Å². The van der Waals surface area contributed by atoms with Crippen molar-refractivity contribution in [1.82, 2.24) is 0 Å². The van der Waals surface area contributed by atoms with Gasteiger partial charge in [-0.3, -0.25) is 0 Å². The molecule has 0 radical (unpaired) electrons. The standard InChI is InChI=1S/C13H15B/c1-3-5-9-12(4-2)14-13-10-7-6-8-11-13/h3-11,14H,2H2,1H3/b5-3-,12-9+. The van der Waals surface area contributed by atoms with E-state index in [0.29, 0.717) is 0 Å². The monoisotopic (exact) mass is 182 g/mol. The lowest BCUT2D eigenvalue weighted by Crippen LogP contribution is -2.14. The minimum absolute atomic E-state index is 0.953. The molecule has 0 aliphatic rings. The Morgan fingerprint density at radius 3 is 2.57 bits per heavy atom. The van der Waals surface area contributed by atoms with Crippen molar-refractivity contribution in [3.8, 4) is 0 Å². The van der Waals surface area contributed by atoms with E-state index >= 15 is 0 Å². The van der Waals surface area contributed by atoms with Crippen molar-refractivity contribution in [2.24, 2.45) is 0 Å². The highest BCUT2D eigenvalue weighted by Crippen LogP contribution is 1.95. The van der Waals surface area contributed by atoms with Gasteiger partial charge in [0.05, 0.1) is 0 Å². The Balaban J connectivity index is 2.71. The SMILES string of the molecule is C=C/C(Bc1ccccc1)=C\C=C/C. The van der Waals surface area contributed by atoms with Gasteiger partial charge in [-0.15, -0.1) is 0 Å². The highest BCUT2D eigenvalue weighted by atomic mass is 13.8. The summed E-state index contributed by atoms with van der Waals surface area (Å²) in [5.41, 5.74) is 2.57. The second kappa shape index (κ2) is 6.03. The minimum Gasteiger partial charge on any atom is -0.0996 e. The Kier molecular flexibility index (Phi) is 4.56. The van der Waals surface area contributed by atoms with Gasteiger partial charge in [0.1, 0.15) is 0 Å². The van der Waals surface area contributed by atoms with Crippen LogP contribution in [0.2, 0.25) is 0 Å². The van der Waals surface area contributed by atoms with Gasteiger partial charge in [-0.1, -0.05) is 72.2 Å². The van der Waals surface area contributed by atoms with Crippen LogP contribution < -0.4 is 5.46 Å². The van der Waals surface area contributed by atoms with Crippen LogP contribution in [0.3, 0.4) is 0 Å². The molecule has 0 saturated carbocycles. The van der Waals surface area contributed by atoms with Crippen LogP contribution in [0.25, 0.3) is 0 Å². The Bertz CT molecular complexity index is 334. The summed E-state index contributed by atoms with van der Waals surface area (Å²) in [6.45, 7) is 5.82. The van der Waals surface area contributed by atoms with Crippen molar-refractivity contribution in [3.05, 3.63) is 66.7 Å². The van der Waals surface area contributed by atoms with Crippen LogP contribution in [0.4, 0.5) is 0 Å².